The molecule has 1 aliphatic rings. The maximum Gasteiger partial charge on any atom is 0.264 e. The third kappa shape index (κ3) is 3.58. The van der Waals surface area contributed by atoms with Gasteiger partial charge in [-0.25, -0.2) is 12.8 Å². The number of nitrogens with one attached hydrogen (secondary N) is 1. The van der Waals surface area contributed by atoms with Crippen molar-refractivity contribution in [2.45, 2.75) is 17.7 Å². The average molecular weight is 326 g/mol. The van der Waals surface area contributed by atoms with Crippen LogP contribution in [-0.2, 0) is 9.05 Å². The lowest BCUT2D eigenvalue weighted by molar-refractivity contribution is 0.0951. The lowest BCUT2D eigenvalue weighted by Crippen LogP contribution is -2.26. The number of amides is 1. The smallest absolute Gasteiger partial charge is 0.264 e. The standard InChI is InChI=1S/C11H10Cl2FNO3S/c12-8-4-9(14)10(19(13,17)18)3-7(8)11(16)15-5-6-1-2-6/h3-4,6H,1-2,5H2,(H,15,16). The fourth-order valence-corrected chi connectivity index (χ4v) is 2.69. The van der Waals surface area contributed by atoms with Gasteiger partial charge in [0.25, 0.3) is 15.0 Å². The monoisotopic (exact) mass is 325 g/mol. The quantitative estimate of drug-likeness (QED) is 0.865. The van der Waals surface area contributed by atoms with Crippen LogP contribution >= 0.6 is 22.3 Å². The zero-order chi connectivity index (χ0) is 14.2. The van der Waals surface area contributed by atoms with E-state index in [9.17, 15) is 17.6 Å². The molecule has 4 nitrogen and oxygen atoms in total. The molecule has 19 heavy (non-hydrogen) atoms. The molecule has 0 radical (unpaired) electrons. The molecule has 1 fully saturated rings. The van der Waals surface area contributed by atoms with E-state index in [1.165, 1.54) is 0 Å². The van der Waals surface area contributed by atoms with Gasteiger partial charge in [-0.15, -0.1) is 0 Å². The zero-order valence-electron chi connectivity index (χ0n) is 9.62. The fourth-order valence-electron chi connectivity index (χ4n) is 1.54. The van der Waals surface area contributed by atoms with E-state index in [1.807, 2.05) is 0 Å². The first-order valence-electron chi connectivity index (χ1n) is 5.51. The van der Waals surface area contributed by atoms with Crippen LogP contribution in [0.1, 0.15) is 23.2 Å². The molecule has 1 aromatic carbocycles. The van der Waals surface area contributed by atoms with Crippen LogP contribution in [-0.4, -0.2) is 20.9 Å². The van der Waals surface area contributed by atoms with Gasteiger partial charge in [0.15, 0.2) is 0 Å². The lowest BCUT2D eigenvalue weighted by atomic mass is 10.2. The van der Waals surface area contributed by atoms with Gasteiger partial charge in [-0.05, 0) is 30.9 Å². The van der Waals surface area contributed by atoms with Crippen LogP contribution in [0.5, 0.6) is 0 Å². The Hall–Kier alpha value is -0.850. The summed E-state index contributed by atoms with van der Waals surface area (Å²) in [5, 5.41) is 2.46. The third-order valence-corrected chi connectivity index (χ3v) is 4.43. The summed E-state index contributed by atoms with van der Waals surface area (Å²) in [4.78, 5) is 11.1. The first kappa shape index (κ1) is 14.6. The molecular weight excluding hydrogens is 316 g/mol. The summed E-state index contributed by atoms with van der Waals surface area (Å²) in [5.41, 5.74) is -0.108. The summed E-state index contributed by atoms with van der Waals surface area (Å²) in [6, 6.07) is 1.62. The molecule has 0 atom stereocenters. The van der Waals surface area contributed by atoms with E-state index in [2.05, 4.69) is 5.32 Å². The largest absolute Gasteiger partial charge is 0.352 e. The number of benzene rings is 1. The zero-order valence-corrected chi connectivity index (χ0v) is 11.9. The molecule has 0 spiro atoms. The first-order valence-corrected chi connectivity index (χ1v) is 8.19. The van der Waals surface area contributed by atoms with Crippen LogP contribution in [0, 0.1) is 11.7 Å². The molecule has 1 N–H and O–H groups in total. The SMILES string of the molecule is O=C(NCC1CC1)c1cc(S(=O)(=O)Cl)c(F)cc1Cl. The number of hydrogen-bond acceptors (Lipinski definition) is 3. The summed E-state index contributed by atoms with van der Waals surface area (Å²) in [5.74, 6) is -1.17. The number of halogens is 3. The van der Waals surface area contributed by atoms with Gasteiger partial charge in [-0.3, -0.25) is 4.79 Å². The van der Waals surface area contributed by atoms with Crippen LogP contribution in [0.2, 0.25) is 5.02 Å². The number of rotatable bonds is 4. The summed E-state index contributed by atoms with van der Waals surface area (Å²) in [6.07, 6.45) is 2.11. The maximum atomic E-state index is 13.4. The second kappa shape index (κ2) is 5.26. The van der Waals surface area contributed by atoms with Gasteiger partial charge < -0.3 is 5.32 Å². The molecule has 1 amide bonds. The van der Waals surface area contributed by atoms with E-state index in [-0.39, 0.29) is 10.6 Å². The molecule has 0 aromatic heterocycles. The Morgan fingerprint density at radius 3 is 2.58 bits per heavy atom. The highest BCUT2D eigenvalue weighted by atomic mass is 35.7. The summed E-state index contributed by atoms with van der Waals surface area (Å²) in [7, 11) is 0.821. The highest BCUT2D eigenvalue weighted by molar-refractivity contribution is 8.13. The Morgan fingerprint density at radius 2 is 2.05 bits per heavy atom. The van der Waals surface area contributed by atoms with Crippen LogP contribution < -0.4 is 5.32 Å². The van der Waals surface area contributed by atoms with Crippen molar-refractivity contribution < 1.29 is 17.6 Å². The van der Waals surface area contributed by atoms with Gasteiger partial charge >= 0.3 is 0 Å². The normalized spacial score (nSPS) is 15.3. The summed E-state index contributed by atoms with van der Waals surface area (Å²) < 4.78 is 35.8. The van der Waals surface area contributed by atoms with Crippen molar-refractivity contribution >= 4 is 37.2 Å². The van der Waals surface area contributed by atoms with E-state index in [1.54, 1.807) is 0 Å². The molecule has 0 unspecified atom stereocenters. The van der Waals surface area contributed by atoms with Gasteiger partial charge in [0, 0.05) is 17.2 Å². The minimum atomic E-state index is -4.27. The van der Waals surface area contributed by atoms with Crippen molar-refractivity contribution in [3.05, 3.63) is 28.5 Å². The van der Waals surface area contributed by atoms with Crippen LogP contribution in [0.3, 0.4) is 0 Å². The van der Waals surface area contributed by atoms with Crippen LogP contribution in [0.4, 0.5) is 4.39 Å². The Balaban J connectivity index is 2.30. The molecule has 1 aromatic rings. The van der Waals surface area contributed by atoms with E-state index >= 15 is 0 Å². The number of carbonyl (C=O) groups is 1. The van der Waals surface area contributed by atoms with Gasteiger partial charge in [-0.1, -0.05) is 11.6 Å². The van der Waals surface area contributed by atoms with Crippen molar-refractivity contribution in [3.8, 4) is 0 Å². The van der Waals surface area contributed by atoms with E-state index < -0.39 is 25.7 Å². The van der Waals surface area contributed by atoms with E-state index in [0.29, 0.717) is 12.5 Å². The number of carbonyl (C=O) groups excluding carboxylic acids is 1. The van der Waals surface area contributed by atoms with Gasteiger partial charge in [-0.2, -0.15) is 0 Å². The Morgan fingerprint density at radius 1 is 1.42 bits per heavy atom. The summed E-state index contributed by atoms with van der Waals surface area (Å²) >= 11 is 5.74. The Labute approximate surface area is 119 Å². The van der Waals surface area contributed by atoms with Gasteiger partial charge in [0.05, 0.1) is 10.6 Å². The van der Waals surface area contributed by atoms with Crippen molar-refractivity contribution in [2.75, 3.05) is 6.54 Å². The molecule has 0 saturated heterocycles. The average Bonchev–Trinajstić information content (AvgIpc) is 3.07. The Kier molecular flexibility index (Phi) is 4.03. The maximum absolute atomic E-state index is 13.4. The molecule has 104 valence electrons. The predicted molar refractivity (Wildman–Crippen MR) is 69.5 cm³/mol. The minimum Gasteiger partial charge on any atom is -0.352 e. The summed E-state index contributed by atoms with van der Waals surface area (Å²) in [6.45, 7) is 0.496. The molecular formula is C11H10Cl2FNO3S. The molecule has 0 heterocycles. The van der Waals surface area contributed by atoms with Crippen molar-refractivity contribution in [2.24, 2.45) is 5.92 Å². The van der Waals surface area contributed by atoms with E-state index in [4.69, 9.17) is 22.3 Å². The van der Waals surface area contributed by atoms with Gasteiger partial charge in [0.1, 0.15) is 10.7 Å². The first-order chi connectivity index (χ1) is 8.79. The predicted octanol–water partition coefficient (Wildman–Crippen LogP) is 2.55. The fraction of sp³-hybridized carbons (Fsp3) is 0.364. The molecule has 0 bridgehead atoms. The number of hydrogen-bond donors (Lipinski definition) is 1. The van der Waals surface area contributed by atoms with Crippen LogP contribution in [0.15, 0.2) is 17.0 Å². The second-order valence-corrected chi connectivity index (χ2v) is 7.30. The molecule has 1 aliphatic carbocycles. The van der Waals surface area contributed by atoms with E-state index in [0.717, 1.165) is 25.0 Å². The molecule has 8 heteroatoms. The van der Waals surface area contributed by atoms with Crippen molar-refractivity contribution in [3.63, 3.8) is 0 Å². The second-order valence-electron chi connectivity index (χ2n) is 4.35. The van der Waals surface area contributed by atoms with Crippen molar-refractivity contribution in [1.29, 1.82) is 0 Å². The third-order valence-electron chi connectivity index (χ3n) is 2.78. The molecule has 0 aliphatic heterocycles. The van der Waals surface area contributed by atoms with Crippen molar-refractivity contribution in [1.82, 2.24) is 5.32 Å². The topological polar surface area (TPSA) is 63.2 Å². The highest BCUT2D eigenvalue weighted by Gasteiger charge is 2.24. The lowest BCUT2D eigenvalue weighted by Gasteiger charge is -2.08. The van der Waals surface area contributed by atoms with Gasteiger partial charge in [0.2, 0.25) is 0 Å². The minimum absolute atomic E-state index is 0.108. The van der Waals surface area contributed by atoms with Crippen LogP contribution in [0.25, 0.3) is 0 Å². The molecule has 2 rings (SSSR count). The Bertz CT molecular complexity index is 629. The molecule has 1 saturated carbocycles. The highest BCUT2D eigenvalue weighted by Crippen LogP contribution is 2.29.